The molecule has 1 aromatic carbocycles. The molecule has 0 unspecified atom stereocenters. The molecule has 2 rings (SSSR count). The van der Waals surface area contributed by atoms with Gasteiger partial charge in [-0.05, 0) is 41.9 Å². The predicted molar refractivity (Wildman–Crippen MR) is 56.9 cm³/mol. The summed E-state index contributed by atoms with van der Waals surface area (Å²) < 4.78 is 0. The van der Waals surface area contributed by atoms with Crippen LogP contribution in [0, 0.1) is 0 Å². The number of anilines is 1. The van der Waals surface area contributed by atoms with Crippen LogP contribution < -0.4 is 5.73 Å². The number of nitrogen functional groups attached to an aromatic ring is 1. The Labute approximate surface area is 80.0 Å². The van der Waals surface area contributed by atoms with Crippen molar-refractivity contribution in [3.63, 3.8) is 0 Å². The molecule has 13 heavy (non-hydrogen) atoms. The first kappa shape index (κ1) is 8.61. The van der Waals surface area contributed by atoms with Crippen molar-refractivity contribution < 1.29 is 0 Å². The molecule has 1 heteroatoms. The van der Waals surface area contributed by atoms with Gasteiger partial charge in [0.05, 0.1) is 0 Å². The van der Waals surface area contributed by atoms with Crippen LogP contribution in [0.4, 0.5) is 5.69 Å². The van der Waals surface area contributed by atoms with E-state index in [1.807, 2.05) is 0 Å². The van der Waals surface area contributed by atoms with Crippen LogP contribution in [0.2, 0.25) is 0 Å². The van der Waals surface area contributed by atoms with E-state index in [0.717, 1.165) is 11.6 Å². The molecular weight excluding hydrogens is 158 g/mol. The van der Waals surface area contributed by atoms with Crippen LogP contribution in [-0.4, -0.2) is 0 Å². The predicted octanol–water partition coefficient (Wildman–Crippen LogP) is 3.27. The number of hydrogen-bond donors (Lipinski definition) is 1. The molecule has 0 aliphatic heterocycles. The Morgan fingerprint density at radius 3 is 2.54 bits per heavy atom. The lowest BCUT2D eigenvalue weighted by atomic mass is 9.98. The minimum Gasteiger partial charge on any atom is -0.398 e. The van der Waals surface area contributed by atoms with Crippen LogP contribution >= 0.6 is 0 Å². The van der Waals surface area contributed by atoms with Gasteiger partial charge < -0.3 is 5.73 Å². The molecule has 0 heterocycles. The normalized spacial score (nSPS) is 16.5. The van der Waals surface area contributed by atoms with Gasteiger partial charge in [0, 0.05) is 5.69 Å². The molecule has 0 radical (unpaired) electrons. The lowest BCUT2D eigenvalue weighted by molar-refractivity contribution is 0.862. The van der Waals surface area contributed by atoms with Gasteiger partial charge in [0.15, 0.2) is 0 Å². The lowest BCUT2D eigenvalue weighted by Crippen LogP contribution is -1.95. The van der Waals surface area contributed by atoms with E-state index in [1.165, 1.54) is 24.0 Å². The third-order valence-electron chi connectivity index (χ3n) is 2.79. The van der Waals surface area contributed by atoms with Gasteiger partial charge in [-0.15, -0.1) is 0 Å². The van der Waals surface area contributed by atoms with E-state index >= 15 is 0 Å². The first-order valence-electron chi connectivity index (χ1n) is 5.08. The van der Waals surface area contributed by atoms with Crippen molar-refractivity contribution in [1.29, 1.82) is 0 Å². The molecule has 1 aromatic rings. The number of hydrogen-bond acceptors (Lipinski definition) is 1. The van der Waals surface area contributed by atoms with E-state index in [-0.39, 0.29) is 0 Å². The fourth-order valence-corrected chi connectivity index (χ4v) is 1.70. The zero-order valence-corrected chi connectivity index (χ0v) is 8.38. The first-order chi connectivity index (χ1) is 6.18. The summed E-state index contributed by atoms with van der Waals surface area (Å²) in [6, 6.07) is 6.49. The van der Waals surface area contributed by atoms with E-state index in [9.17, 15) is 0 Å². The summed E-state index contributed by atoms with van der Waals surface area (Å²) in [6.45, 7) is 4.45. The molecule has 0 spiro atoms. The topological polar surface area (TPSA) is 26.0 Å². The molecule has 1 nitrogen and oxygen atoms in total. The molecule has 0 amide bonds. The van der Waals surface area contributed by atoms with E-state index < -0.39 is 0 Å². The van der Waals surface area contributed by atoms with Crippen molar-refractivity contribution in [1.82, 2.24) is 0 Å². The van der Waals surface area contributed by atoms with Crippen molar-refractivity contribution in [2.75, 3.05) is 5.73 Å². The summed E-state index contributed by atoms with van der Waals surface area (Å²) >= 11 is 0. The number of nitrogens with two attached hydrogens (primary N) is 1. The summed E-state index contributed by atoms with van der Waals surface area (Å²) in [6.07, 6.45) is 2.65. The van der Waals surface area contributed by atoms with Gasteiger partial charge in [-0.25, -0.2) is 0 Å². The van der Waals surface area contributed by atoms with Gasteiger partial charge in [0.2, 0.25) is 0 Å². The van der Waals surface area contributed by atoms with Crippen molar-refractivity contribution in [2.24, 2.45) is 0 Å². The van der Waals surface area contributed by atoms with Crippen LogP contribution in [0.1, 0.15) is 49.7 Å². The molecule has 70 valence electrons. The molecule has 1 aliphatic carbocycles. The monoisotopic (exact) mass is 175 g/mol. The smallest absolute Gasteiger partial charge is 0.0349 e. The van der Waals surface area contributed by atoms with E-state index in [2.05, 4.69) is 32.0 Å². The van der Waals surface area contributed by atoms with Crippen LogP contribution in [-0.2, 0) is 0 Å². The fourth-order valence-electron chi connectivity index (χ4n) is 1.70. The Morgan fingerprint density at radius 2 is 2.00 bits per heavy atom. The van der Waals surface area contributed by atoms with Gasteiger partial charge >= 0.3 is 0 Å². The highest BCUT2D eigenvalue weighted by atomic mass is 14.6. The highest BCUT2D eigenvalue weighted by Crippen LogP contribution is 2.43. The van der Waals surface area contributed by atoms with E-state index in [1.54, 1.807) is 0 Å². The van der Waals surface area contributed by atoms with Crippen molar-refractivity contribution in [2.45, 2.75) is 38.5 Å². The SMILES string of the molecule is CC(C)c1ccc(N)c(C2CC2)c1. The Morgan fingerprint density at radius 1 is 1.31 bits per heavy atom. The maximum Gasteiger partial charge on any atom is 0.0349 e. The van der Waals surface area contributed by atoms with Crippen molar-refractivity contribution >= 4 is 5.69 Å². The number of rotatable bonds is 2. The van der Waals surface area contributed by atoms with Gasteiger partial charge in [-0.3, -0.25) is 0 Å². The maximum absolute atomic E-state index is 5.93. The van der Waals surface area contributed by atoms with Gasteiger partial charge in [-0.2, -0.15) is 0 Å². The third kappa shape index (κ3) is 1.69. The zero-order valence-electron chi connectivity index (χ0n) is 8.38. The first-order valence-corrected chi connectivity index (χ1v) is 5.08. The quantitative estimate of drug-likeness (QED) is 0.686. The van der Waals surface area contributed by atoms with Crippen LogP contribution in [0.3, 0.4) is 0 Å². The molecule has 1 saturated carbocycles. The highest BCUT2D eigenvalue weighted by Gasteiger charge is 2.25. The Balaban J connectivity index is 2.36. The van der Waals surface area contributed by atoms with Gasteiger partial charge in [0.1, 0.15) is 0 Å². The van der Waals surface area contributed by atoms with Gasteiger partial charge in [-0.1, -0.05) is 26.0 Å². The summed E-state index contributed by atoms with van der Waals surface area (Å²) in [5.74, 6) is 1.37. The molecule has 1 fully saturated rings. The molecule has 0 atom stereocenters. The maximum atomic E-state index is 5.93. The minimum absolute atomic E-state index is 0.609. The summed E-state index contributed by atoms with van der Waals surface area (Å²) in [7, 11) is 0. The summed E-state index contributed by atoms with van der Waals surface area (Å²) in [5, 5.41) is 0. The highest BCUT2D eigenvalue weighted by molar-refractivity contribution is 5.52. The largest absolute Gasteiger partial charge is 0.398 e. The molecule has 0 saturated heterocycles. The second-order valence-corrected chi connectivity index (χ2v) is 4.32. The fraction of sp³-hybridized carbons (Fsp3) is 0.500. The average Bonchev–Trinajstić information content (AvgIpc) is 2.87. The number of benzene rings is 1. The summed E-state index contributed by atoms with van der Waals surface area (Å²) in [4.78, 5) is 0. The van der Waals surface area contributed by atoms with Crippen molar-refractivity contribution in [3.05, 3.63) is 29.3 Å². The second-order valence-electron chi connectivity index (χ2n) is 4.32. The third-order valence-corrected chi connectivity index (χ3v) is 2.79. The lowest BCUT2D eigenvalue weighted by Gasteiger charge is -2.10. The molecule has 1 aliphatic rings. The molecule has 2 N–H and O–H groups in total. The summed E-state index contributed by atoms with van der Waals surface area (Å²) in [5.41, 5.74) is 9.70. The molecule has 0 bridgehead atoms. The van der Waals surface area contributed by atoms with E-state index in [0.29, 0.717) is 5.92 Å². The Kier molecular flexibility index (Phi) is 2.03. The Bertz CT molecular complexity index is 311. The zero-order chi connectivity index (χ0) is 9.42. The average molecular weight is 175 g/mol. The Hall–Kier alpha value is -0.980. The molecule has 0 aromatic heterocycles. The van der Waals surface area contributed by atoms with E-state index in [4.69, 9.17) is 5.73 Å². The second kappa shape index (κ2) is 3.06. The van der Waals surface area contributed by atoms with Gasteiger partial charge in [0.25, 0.3) is 0 Å². The molecular formula is C12H17N. The van der Waals surface area contributed by atoms with Crippen LogP contribution in [0.25, 0.3) is 0 Å². The van der Waals surface area contributed by atoms with Crippen LogP contribution in [0.15, 0.2) is 18.2 Å². The minimum atomic E-state index is 0.609. The van der Waals surface area contributed by atoms with Crippen molar-refractivity contribution in [3.8, 4) is 0 Å². The van der Waals surface area contributed by atoms with Crippen LogP contribution in [0.5, 0.6) is 0 Å². The standard InChI is InChI=1S/C12H17N/c1-8(2)10-5-6-12(13)11(7-10)9-3-4-9/h5-9H,3-4,13H2,1-2H3.